The predicted octanol–water partition coefficient (Wildman–Crippen LogP) is 2.86. The third kappa shape index (κ3) is 5.72. The molecule has 0 amide bonds. The van der Waals surface area contributed by atoms with Gasteiger partial charge in [-0.2, -0.15) is 0 Å². The fraction of sp³-hybridized carbons (Fsp3) is 0.500. The highest BCUT2D eigenvalue weighted by Gasteiger charge is 2.15. The summed E-state index contributed by atoms with van der Waals surface area (Å²) in [6.07, 6.45) is 1.37. The first kappa shape index (κ1) is 17.3. The number of hydrogen-bond donors (Lipinski definition) is 2. The highest BCUT2D eigenvalue weighted by atomic mass is 79.9. The third-order valence-corrected chi connectivity index (χ3v) is 4.43. The largest absolute Gasteiger partial charge is 0.317 e. The second-order valence-electron chi connectivity index (χ2n) is 4.27. The number of hydrogen-bond acceptors (Lipinski definition) is 3. The number of benzene rings is 1. The van der Waals surface area contributed by atoms with Crippen LogP contribution in [-0.4, -0.2) is 27.3 Å². The number of rotatable bonds is 8. The predicted molar refractivity (Wildman–Crippen MR) is 79.2 cm³/mol. The molecule has 0 saturated carbocycles. The molecular weight excluding hydrogens is 354 g/mol. The van der Waals surface area contributed by atoms with E-state index in [0.29, 0.717) is 13.0 Å². The lowest BCUT2D eigenvalue weighted by Gasteiger charge is -2.10. The van der Waals surface area contributed by atoms with E-state index in [1.54, 1.807) is 0 Å². The summed E-state index contributed by atoms with van der Waals surface area (Å²) < 4.78 is 52.3. The van der Waals surface area contributed by atoms with E-state index >= 15 is 0 Å². The number of nitrogens with one attached hydrogen (secondary N) is 2. The average Bonchev–Trinajstić information content (AvgIpc) is 2.35. The molecule has 0 atom stereocenters. The van der Waals surface area contributed by atoms with Crippen LogP contribution in [0.1, 0.15) is 19.8 Å². The van der Waals surface area contributed by atoms with Crippen molar-refractivity contribution in [2.24, 2.45) is 0 Å². The average molecular weight is 371 g/mol. The van der Waals surface area contributed by atoms with Gasteiger partial charge in [0, 0.05) is 6.07 Å². The first-order valence-corrected chi connectivity index (χ1v) is 8.66. The summed E-state index contributed by atoms with van der Waals surface area (Å²) in [6.45, 7) is 3.39. The van der Waals surface area contributed by atoms with Crippen molar-refractivity contribution >= 4 is 31.6 Å². The lowest BCUT2D eigenvalue weighted by Crippen LogP contribution is -2.22. The summed E-state index contributed by atoms with van der Waals surface area (Å²) in [4.78, 5) is 0. The summed E-state index contributed by atoms with van der Waals surface area (Å²) in [5.74, 6) is -1.71. The van der Waals surface area contributed by atoms with Gasteiger partial charge in [-0.05, 0) is 47.9 Å². The Labute approximate surface area is 126 Å². The lowest BCUT2D eigenvalue weighted by atomic mass is 10.3. The topological polar surface area (TPSA) is 58.2 Å². The minimum Gasteiger partial charge on any atom is -0.317 e. The second kappa shape index (κ2) is 7.90. The Hall–Kier alpha value is -0.730. The van der Waals surface area contributed by atoms with Gasteiger partial charge in [0.1, 0.15) is 11.6 Å². The Morgan fingerprint density at radius 2 is 1.90 bits per heavy atom. The van der Waals surface area contributed by atoms with E-state index in [4.69, 9.17) is 0 Å². The SMILES string of the molecule is CCCNCCCS(=O)(=O)Nc1cc(F)c(Br)cc1F. The van der Waals surface area contributed by atoms with Crippen molar-refractivity contribution in [1.82, 2.24) is 5.32 Å². The molecule has 0 unspecified atom stereocenters. The first-order valence-electron chi connectivity index (χ1n) is 6.21. The molecule has 0 aromatic heterocycles. The minimum atomic E-state index is -3.69. The van der Waals surface area contributed by atoms with Crippen LogP contribution in [0.2, 0.25) is 0 Å². The van der Waals surface area contributed by atoms with Crippen LogP contribution in [0.4, 0.5) is 14.5 Å². The summed E-state index contributed by atoms with van der Waals surface area (Å²) in [5, 5.41) is 3.07. The normalized spacial score (nSPS) is 11.6. The van der Waals surface area contributed by atoms with Crippen LogP contribution in [0.3, 0.4) is 0 Å². The maximum absolute atomic E-state index is 13.5. The Balaban J connectivity index is 2.60. The Bertz CT molecular complexity index is 553. The van der Waals surface area contributed by atoms with E-state index in [0.717, 1.165) is 25.1 Å². The van der Waals surface area contributed by atoms with E-state index in [-0.39, 0.29) is 15.9 Å². The van der Waals surface area contributed by atoms with Crippen molar-refractivity contribution in [3.05, 3.63) is 28.2 Å². The molecule has 1 aromatic carbocycles. The van der Waals surface area contributed by atoms with Gasteiger partial charge in [-0.3, -0.25) is 4.72 Å². The standard InChI is InChI=1S/C12H17BrF2N2O2S/c1-2-4-16-5-3-6-20(18,19)17-12-8-10(14)9(13)7-11(12)15/h7-8,16-17H,2-6H2,1H3. The van der Waals surface area contributed by atoms with Gasteiger partial charge in [0.05, 0.1) is 15.9 Å². The van der Waals surface area contributed by atoms with Gasteiger partial charge < -0.3 is 5.32 Å². The monoisotopic (exact) mass is 370 g/mol. The molecule has 0 fully saturated rings. The van der Waals surface area contributed by atoms with Crippen molar-refractivity contribution in [2.75, 3.05) is 23.6 Å². The molecule has 0 aliphatic heterocycles. The van der Waals surface area contributed by atoms with Crippen molar-refractivity contribution < 1.29 is 17.2 Å². The van der Waals surface area contributed by atoms with Gasteiger partial charge in [-0.1, -0.05) is 6.92 Å². The molecule has 2 N–H and O–H groups in total. The van der Waals surface area contributed by atoms with Gasteiger partial charge in [-0.15, -0.1) is 0 Å². The van der Waals surface area contributed by atoms with E-state index in [1.807, 2.05) is 6.92 Å². The van der Waals surface area contributed by atoms with Crippen LogP contribution in [0, 0.1) is 11.6 Å². The molecular formula is C12H17BrF2N2O2S. The maximum atomic E-state index is 13.5. The molecule has 1 rings (SSSR count). The van der Waals surface area contributed by atoms with E-state index in [9.17, 15) is 17.2 Å². The van der Waals surface area contributed by atoms with Gasteiger partial charge >= 0.3 is 0 Å². The molecule has 0 radical (unpaired) electrons. The van der Waals surface area contributed by atoms with E-state index < -0.39 is 21.7 Å². The van der Waals surface area contributed by atoms with Crippen LogP contribution in [0.5, 0.6) is 0 Å². The molecule has 0 aliphatic carbocycles. The smallest absolute Gasteiger partial charge is 0.232 e. The fourth-order valence-corrected chi connectivity index (χ4v) is 2.94. The van der Waals surface area contributed by atoms with Gasteiger partial charge in [0.2, 0.25) is 10.0 Å². The zero-order valence-electron chi connectivity index (χ0n) is 11.0. The zero-order valence-corrected chi connectivity index (χ0v) is 13.5. The van der Waals surface area contributed by atoms with Gasteiger partial charge in [-0.25, -0.2) is 17.2 Å². The summed E-state index contributed by atoms with van der Waals surface area (Å²) in [5.41, 5.74) is -0.382. The summed E-state index contributed by atoms with van der Waals surface area (Å²) in [7, 11) is -3.69. The first-order chi connectivity index (χ1) is 9.35. The van der Waals surface area contributed by atoms with Crippen molar-refractivity contribution in [3.63, 3.8) is 0 Å². The number of sulfonamides is 1. The molecule has 0 bridgehead atoms. The van der Waals surface area contributed by atoms with E-state index in [1.165, 1.54) is 0 Å². The molecule has 1 aromatic rings. The lowest BCUT2D eigenvalue weighted by molar-refractivity contribution is 0.587. The Morgan fingerprint density at radius 3 is 2.55 bits per heavy atom. The van der Waals surface area contributed by atoms with Crippen LogP contribution >= 0.6 is 15.9 Å². The quantitative estimate of drug-likeness (QED) is 0.546. The fourth-order valence-electron chi connectivity index (χ4n) is 1.51. The van der Waals surface area contributed by atoms with Crippen LogP contribution in [-0.2, 0) is 10.0 Å². The maximum Gasteiger partial charge on any atom is 0.232 e. The van der Waals surface area contributed by atoms with E-state index in [2.05, 4.69) is 26.0 Å². The summed E-state index contributed by atoms with van der Waals surface area (Å²) in [6, 6.07) is 1.70. The molecule has 114 valence electrons. The van der Waals surface area contributed by atoms with Crippen molar-refractivity contribution in [3.8, 4) is 0 Å². The molecule has 20 heavy (non-hydrogen) atoms. The van der Waals surface area contributed by atoms with Crippen LogP contribution in [0.15, 0.2) is 16.6 Å². The molecule has 4 nitrogen and oxygen atoms in total. The van der Waals surface area contributed by atoms with Crippen LogP contribution in [0.25, 0.3) is 0 Å². The Morgan fingerprint density at radius 1 is 1.20 bits per heavy atom. The van der Waals surface area contributed by atoms with Gasteiger partial charge in [0.25, 0.3) is 0 Å². The van der Waals surface area contributed by atoms with Gasteiger partial charge in [0.15, 0.2) is 0 Å². The van der Waals surface area contributed by atoms with Crippen LogP contribution < -0.4 is 10.0 Å². The van der Waals surface area contributed by atoms with Crippen molar-refractivity contribution in [2.45, 2.75) is 19.8 Å². The number of anilines is 1. The zero-order chi connectivity index (χ0) is 15.2. The molecule has 0 spiro atoms. The third-order valence-electron chi connectivity index (χ3n) is 2.47. The molecule has 0 aliphatic rings. The minimum absolute atomic E-state index is 0.0540. The Kier molecular flexibility index (Phi) is 6.84. The highest BCUT2D eigenvalue weighted by molar-refractivity contribution is 9.10. The highest BCUT2D eigenvalue weighted by Crippen LogP contribution is 2.24. The second-order valence-corrected chi connectivity index (χ2v) is 6.97. The number of halogens is 3. The molecule has 0 heterocycles. The molecule has 0 saturated heterocycles. The molecule has 8 heteroatoms. The van der Waals surface area contributed by atoms with Crippen molar-refractivity contribution in [1.29, 1.82) is 0 Å². The summed E-state index contributed by atoms with van der Waals surface area (Å²) >= 11 is 2.83.